The summed E-state index contributed by atoms with van der Waals surface area (Å²) in [6.07, 6.45) is 5.49. The van der Waals surface area contributed by atoms with E-state index >= 15 is 0 Å². The summed E-state index contributed by atoms with van der Waals surface area (Å²) in [6, 6.07) is 8.18. The summed E-state index contributed by atoms with van der Waals surface area (Å²) in [7, 11) is 1.74. The first-order valence-electron chi connectivity index (χ1n) is 8.11. The minimum absolute atomic E-state index is 0. The number of guanidine groups is 1. The lowest BCUT2D eigenvalue weighted by Crippen LogP contribution is -2.36. The fourth-order valence-corrected chi connectivity index (χ4v) is 2.49. The molecule has 0 aliphatic carbocycles. The van der Waals surface area contributed by atoms with Crippen molar-refractivity contribution in [3.05, 3.63) is 65.9 Å². The highest BCUT2D eigenvalue weighted by molar-refractivity contribution is 14.0. The number of benzene rings is 1. The van der Waals surface area contributed by atoms with Gasteiger partial charge in [0.1, 0.15) is 5.76 Å². The van der Waals surface area contributed by atoms with Crippen LogP contribution in [0.5, 0.6) is 0 Å². The first-order valence-corrected chi connectivity index (χ1v) is 8.11. The van der Waals surface area contributed by atoms with Crippen molar-refractivity contribution in [3.63, 3.8) is 0 Å². The Balaban J connectivity index is 0.00000243. The average Bonchev–Trinajstić information content (AvgIpc) is 3.26. The molecule has 0 radical (unpaired) electrons. The standard InChI is InChI=1S/C18H22N6O.HI/c1-13-14(2)25-17(23-13)11-22-18(19-3)21-10-15-6-4-5-7-16(15)24-9-8-20-12-24;/h4-9,12H,10-11H2,1-3H3,(H2,19,21,22);1H. The predicted octanol–water partition coefficient (Wildman–Crippen LogP) is 2.96. The molecular weight excluding hydrogens is 443 g/mol. The van der Waals surface area contributed by atoms with Gasteiger partial charge in [-0.25, -0.2) is 9.97 Å². The van der Waals surface area contributed by atoms with Crippen LogP contribution in [0.15, 0.2) is 52.4 Å². The number of aliphatic imine (C=N–C) groups is 1. The van der Waals surface area contributed by atoms with Crippen molar-refractivity contribution >= 4 is 29.9 Å². The molecule has 1 aromatic carbocycles. The molecule has 2 aromatic heterocycles. The second kappa shape index (κ2) is 9.37. The fourth-order valence-electron chi connectivity index (χ4n) is 2.49. The van der Waals surface area contributed by atoms with Gasteiger partial charge in [0.05, 0.1) is 24.3 Å². The summed E-state index contributed by atoms with van der Waals surface area (Å²) in [5.41, 5.74) is 3.14. The lowest BCUT2D eigenvalue weighted by molar-refractivity contribution is 0.463. The molecule has 0 amide bonds. The highest BCUT2D eigenvalue weighted by Gasteiger charge is 2.08. The molecule has 8 heteroatoms. The quantitative estimate of drug-likeness (QED) is 0.344. The molecule has 0 unspecified atom stereocenters. The third-order valence-corrected chi connectivity index (χ3v) is 3.92. The van der Waals surface area contributed by atoms with Crippen LogP contribution in [0.25, 0.3) is 5.69 Å². The molecule has 0 spiro atoms. The predicted molar refractivity (Wildman–Crippen MR) is 112 cm³/mol. The van der Waals surface area contributed by atoms with Crippen molar-refractivity contribution < 1.29 is 4.42 Å². The van der Waals surface area contributed by atoms with Gasteiger partial charge in [0.15, 0.2) is 5.96 Å². The van der Waals surface area contributed by atoms with Gasteiger partial charge in [-0.2, -0.15) is 0 Å². The summed E-state index contributed by atoms with van der Waals surface area (Å²) < 4.78 is 7.56. The second-order valence-electron chi connectivity index (χ2n) is 5.63. The van der Waals surface area contributed by atoms with E-state index in [0.717, 1.165) is 22.7 Å². The number of hydrogen-bond donors (Lipinski definition) is 2. The number of para-hydroxylation sites is 1. The largest absolute Gasteiger partial charge is 0.444 e. The Morgan fingerprint density at radius 2 is 1.96 bits per heavy atom. The zero-order valence-corrected chi connectivity index (χ0v) is 17.4. The van der Waals surface area contributed by atoms with Crippen LogP contribution in [0.4, 0.5) is 0 Å². The maximum absolute atomic E-state index is 5.57. The minimum Gasteiger partial charge on any atom is -0.444 e. The summed E-state index contributed by atoms with van der Waals surface area (Å²) in [6.45, 7) is 4.96. The molecule has 2 N–H and O–H groups in total. The van der Waals surface area contributed by atoms with E-state index in [9.17, 15) is 0 Å². The van der Waals surface area contributed by atoms with Crippen molar-refractivity contribution in [2.45, 2.75) is 26.9 Å². The first-order chi connectivity index (χ1) is 12.2. The highest BCUT2D eigenvalue weighted by atomic mass is 127. The van der Waals surface area contributed by atoms with Crippen LogP contribution in [0.1, 0.15) is 22.9 Å². The molecule has 3 rings (SSSR count). The topological polar surface area (TPSA) is 80.3 Å². The smallest absolute Gasteiger partial charge is 0.214 e. The molecule has 0 bridgehead atoms. The maximum Gasteiger partial charge on any atom is 0.214 e. The third-order valence-electron chi connectivity index (χ3n) is 3.92. The van der Waals surface area contributed by atoms with Gasteiger partial charge in [-0.3, -0.25) is 4.99 Å². The van der Waals surface area contributed by atoms with E-state index < -0.39 is 0 Å². The molecule has 2 heterocycles. The molecule has 0 saturated heterocycles. The molecular formula is C18H23IN6O. The lowest BCUT2D eigenvalue weighted by atomic mass is 10.1. The van der Waals surface area contributed by atoms with E-state index in [0.29, 0.717) is 24.9 Å². The normalized spacial score (nSPS) is 11.1. The monoisotopic (exact) mass is 466 g/mol. The Labute approximate surface area is 170 Å². The van der Waals surface area contributed by atoms with Crippen LogP contribution < -0.4 is 10.6 Å². The number of aromatic nitrogens is 3. The maximum atomic E-state index is 5.57. The van der Waals surface area contributed by atoms with E-state index in [-0.39, 0.29) is 24.0 Å². The van der Waals surface area contributed by atoms with E-state index in [1.165, 1.54) is 0 Å². The zero-order chi connectivity index (χ0) is 17.6. The first kappa shape index (κ1) is 20.0. The minimum atomic E-state index is 0. The zero-order valence-electron chi connectivity index (χ0n) is 15.1. The summed E-state index contributed by atoms with van der Waals surface area (Å²) in [5.74, 6) is 2.18. The lowest BCUT2D eigenvalue weighted by Gasteiger charge is -2.14. The van der Waals surface area contributed by atoms with Crippen LogP contribution in [-0.4, -0.2) is 27.5 Å². The van der Waals surface area contributed by atoms with E-state index in [4.69, 9.17) is 4.42 Å². The number of halogens is 1. The molecule has 3 aromatic rings. The van der Waals surface area contributed by atoms with Crippen LogP contribution in [0, 0.1) is 13.8 Å². The van der Waals surface area contributed by atoms with E-state index in [2.05, 4.69) is 37.7 Å². The number of nitrogens with zero attached hydrogens (tertiary/aromatic N) is 4. The summed E-state index contributed by atoms with van der Waals surface area (Å²) in [5, 5.41) is 6.53. The molecule has 0 saturated carbocycles. The van der Waals surface area contributed by atoms with Crippen molar-refractivity contribution in [1.29, 1.82) is 0 Å². The Morgan fingerprint density at radius 1 is 1.19 bits per heavy atom. The number of hydrogen-bond acceptors (Lipinski definition) is 4. The fraction of sp³-hybridized carbons (Fsp3) is 0.278. The number of imidazole rings is 1. The van der Waals surface area contributed by atoms with Gasteiger partial charge in [0.2, 0.25) is 5.89 Å². The van der Waals surface area contributed by atoms with Gasteiger partial charge in [-0.15, -0.1) is 24.0 Å². The van der Waals surface area contributed by atoms with Crippen molar-refractivity contribution in [2.75, 3.05) is 7.05 Å². The number of rotatable bonds is 5. The van der Waals surface area contributed by atoms with Crippen LogP contribution in [0.3, 0.4) is 0 Å². The molecule has 0 aliphatic rings. The van der Waals surface area contributed by atoms with Gasteiger partial charge in [0, 0.05) is 26.0 Å². The SMILES string of the molecule is CN=C(NCc1nc(C)c(C)o1)NCc1ccccc1-n1ccnc1.I. The van der Waals surface area contributed by atoms with Gasteiger partial charge in [-0.05, 0) is 25.5 Å². The molecule has 7 nitrogen and oxygen atoms in total. The molecule has 0 fully saturated rings. The van der Waals surface area contributed by atoms with Gasteiger partial charge in [0.25, 0.3) is 0 Å². The molecule has 26 heavy (non-hydrogen) atoms. The molecule has 0 atom stereocenters. The average molecular weight is 466 g/mol. The van der Waals surface area contributed by atoms with Crippen LogP contribution in [0.2, 0.25) is 0 Å². The van der Waals surface area contributed by atoms with E-state index in [1.807, 2.05) is 36.7 Å². The van der Waals surface area contributed by atoms with Gasteiger partial charge in [-0.1, -0.05) is 18.2 Å². The van der Waals surface area contributed by atoms with E-state index in [1.54, 1.807) is 19.6 Å². The number of nitrogens with one attached hydrogen (secondary N) is 2. The Bertz CT molecular complexity index is 837. The van der Waals surface area contributed by atoms with Crippen molar-refractivity contribution in [3.8, 4) is 5.69 Å². The highest BCUT2D eigenvalue weighted by Crippen LogP contribution is 2.13. The Hall–Kier alpha value is -2.36. The van der Waals surface area contributed by atoms with Gasteiger partial charge >= 0.3 is 0 Å². The number of aryl methyl sites for hydroxylation is 2. The van der Waals surface area contributed by atoms with Crippen LogP contribution in [-0.2, 0) is 13.1 Å². The number of oxazole rings is 1. The summed E-state index contributed by atoms with van der Waals surface area (Å²) in [4.78, 5) is 12.7. The van der Waals surface area contributed by atoms with Gasteiger partial charge < -0.3 is 19.6 Å². The van der Waals surface area contributed by atoms with Crippen molar-refractivity contribution in [1.82, 2.24) is 25.2 Å². The second-order valence-corrected chi connectivity index (χ2v) is 5.63. The third kappa shape index (κ3) is 4.84. The Morgan fingerprint density at radius 3 is 2.62 bits per heavy atom. The summed E-state index contributed by atoms with van der Waals surface area (Å²) >= 11 is 0. The molecule has 0 aliphatic heterocycles. The van der Waals surface area contributed by atoms with Crippen molar-refractivity contribution in [2.24, 2.45) is 4.99 Å². The molecule has 138 valence electrons. The Kier molecular flexibility index (Phi) is 7.19. The van der Waals surface area contributed by atoms with Crippen LogP contribution >= 0.6 is 24.0 Å².